The van der Waals surface area contributed by atoms with E-state index in [1.807, 2.05) is 20.0 Å². The van der Waals surface area contributed by atoms with E-state index >= 15 is 0 Å². The Hall–Kier alpha value is -1.61. The predicted octanol–water partition coefficient (Wildman–Crippen LogP) is 2.85. The summed E-state index contributed by atoms with van der Waals surface area (Å²) in [5.74, 6) is 1.87. The van der Waals surface area contributed by atoms with Crippen LogP contribution in [0.25, 0.3) is 0 Å². The minimum Gasteiger partial charge on any atom is -0.361 e. The fourth-order valence-electron chi connectivity index (χ4n) is 3.25. The zero-order valence-corrected chi connectivity index (χ0v) is 18.8. The Bertz CT molecular complexity index is 720. The molecule has 0 amide bonds. The number of halogens is 1. The van der Waals surface area contributed by atoms with E-state index in [4.69, 9.17) is 4.52 Å². The molecule has 1 N–H and O–H groups in total. The summed E-state index contributed by atoms with van der Waals surface area (Å²) in [5.41, 5.74) is 3.67. The highest BCUT2D eigenvalue weighted by atomic mass is 127. The third-order valence-corrected chi connectivity index (χ3v) is 4.76. The smallest absolute Gasteiger partial charge is 0.193 e. The molecule has 0 atom stereocenters. The molecule has 0 spiro atoms. The van der Waals surface area contributed by atoms with Crippen LogP contribution in [0.3, 0.4) is 0 Å². The van der Waals surface area contributed by atoms with Crippen molar-refractivity contribution in [2.75, 3.05) is 39.8 Å². The van der Waals surface area contributed by atoms with E-state index < -0.39 is 0 Å². The van der Waals surface area contributed by atoms with Gasteiger partial charge in [-0.2, -0.15) is 0 Å². The lowest BCUT2D eigenvalue weighted by Gasteiger charge is -2.36. The van der Waals surface area contributed by atoms with Gasteiger partial charge in [-0.1, -0.05) is 35.0 Å². The number of hydrogen-bond donors (Lipinski definition) is 1. The molecule has 1 fully saturated rings. The highest BCUT2D eigenvalue weighted by molar-refractivity contribution is 14.0. The Labute approximate surface area is 179 Å². The van der Waals surface area contributed by atoms with Gasteiger partial charge in [-0.3, -0.25) is 9.89 Å². The first-order valence-electron chi connectivity index (χ1n) is 9.30. The van der Waals surface area contributed by atoms with Crippen LogP contribution >= 0.6 is 24.0 Å². The molecule has 0 bridgehead atoms. The minimum absolute atomic E-state index is 0. The van der Waals surface area contributed by atoms with Gasteiger partial charge in [0, 0.05) is 52.4 Å². The van der Waals surface area contributed by atoms with Crippen molar-refractivity contribution in [2.45, 2.75) is 26.8 Å². The van der Waals surface area contributed by atoms with Gasteiger partial charge in [-0.05, 0) is 25.8 Å². The first-order chi connectivity index (χ1) is 12.6. The van der Waals surface area contributed by atoms with Gasteiger partial charge >= 0.3 is 0 Å². The number of aliphatic imine (C=N–C) groups is 1. The lowest BCUT2D eigenvalue weighted by molar-refractivity contribution is 0.169. The van der Waals surface area contributed by atoms with Crippen LogP contribution in [0, 0.1) is 13.8 Å². The number of aromatic nitrogens is 1. The molecule has 0 radical (unpaired) electrons. The van der Waals surface area contributed by atoms with Gasteiger partial charge in [0.1, 0.15) is 5.76 Å². The molecule has 27 heavy (non-hydrogen) atoms. The lowest BCUT2D eigenvalue weighted by atomic mass is 10.1. The number of rotatable bonds is 5. The topological polar surface area (TPSA) is 56.9 Å². The zero-order valence-electron chi connectivity index (χ0n) is 16.4. The van der Waals surface area contributed by atoms with Crippen molar-refractivity contribution in [3.8, 4) is 0 Å². The molecule has 3 rings (SSSR count). The van der Waals surface area contributed by atoms with E-state index in [1.165, 1.54) is 11.1 Å². The van der Waals surface area contributed by atoms with Gasteiger partial charge in [0.05, 0.1) is 5.69 Å². The van der Waals surface area contributed by atoms with E-state index in [2.05, 4.69) is 56.5 Å². The quantitative estimate of drug-likeness (QED) is 0.403. The molecule has 0 saturated carbocycles. The molecule has 1 aromatic heterocycles. The van der Waals surface area contributed by atoms with Gasteiger partial charge in [0.15, 0.2) is 5.96 Å². The van der Waals surface area contributed by atoms with Crippen LogP contribution in [0.1, 0.15) is 22.6 Å². The van der Waals surface area contributed by atoms with Crippen molar-refractivity contribution < 1.29 is 4.52 Å². The van der Waals surface area contributed by atoms with Crippen LogP contribution in [0.2, 0.25) is 0 Å². The van der Waals surface area contributed by atoms with Crippen LogP contribution in [0.5, 0.6) is 0 Å². The summed E-state index contributed by atoms with van der Waals surface area (Å²) in [4.78, 5) is 9.20. The molecule has 1 aliphatic rings. The number of nitrogens with zero attached hydrogens (tertiary/aromatic N) is 4. The van der Waals surface area contributed by atoms with Crippen molar-refractivity contribution >= 4 is 29.9 Å². The summed E-state index contributed by atoms with van der Waals surface area (Å²) in [5, 5.41) is 7.59. The first-order valence-corrected chi connectivity index (χ1v) is 9.30. The number of hydrogen-bond acceptors (Lipinski definition) is 4. The summed E-state index contributed by atoms with van der Waals surface area (Å²) in [6.07, 6.45) is 1.00. The van der Waals surface area contributed by atoms with Gasteiger partial charge < -0.3 is 14.7 Å². The van der Waals surface area contributed by atoms with E-state index in [-0.39, 0.29) is 24.0 Å². The maximum absolute atomic E-state index is 5.15. The lowest BCUT2D eigenvalue weighted by Crippen LogP contribution is -2.52. The zero-order chi connectivity index (χ0) is 18.4. The van der Waals surface area contributed by atoms with E-state index in [1.54, 1.807) is 0 Å². The van der Waals surface area contributed by atoms with Crippen LogP contribution in [0.15, 0.2) is 39.8 Å². The molecule has 7 heteroatoms. The van der Waals surface area contributed by atoms with Crippen molar-refractivity contribution in [1.82, 2.24) is 20.3 Å². The fraction of sp³-hybridized carbons (Fsp3) is 0.500. The molecule has 2 aromatic rings. The number of nitrogens with one attached hydrogen (secondary N) is 1. The SMILES string of the molecule is CN=C(NCCc1ccc(C)cc1)N1CCN(Cc2cc(C)on2)CC1.I. The van der Waals surface area contributed by atoms with Crippen LogP contribution in [-0.4, -0.2) is 60.7 Å². The van der Waals surface area contributed by atoms with Gasteiger partial charge in [0.2, 0.25) is 0 Å². The second kappa shape index (κ2) is 10.7. The van der Waals surface area contributed by atoms with Crippen molar-refractivity contribution in [1.29, 1.82) is 0 Å². The summed E-state index contributed by atoms with van der Waals surface area (Å²) < 4.78 is 5.15. The maximum Gasteiger partial charge on any atom is 0.193 e. The molecular weight excluding hydrogens is 453 g/mol. The second-order valence-electron chi connectivity index (χ2n) is 6.90. The van der Waals surface area contributed by atoms with Gasteiger partial charge in [-0.15, -0.1) is 24.0 Å². The van der Waals surface area contributed by atoms with Crippen LogP contribution in [-0.2, 0) is 13.0 Å². The Morgan fingerprint density at radius 2 is 1.85 bits per heavy atom. The predicted molar refractivity (Wildman–Crippen MR) is 120 cm³/mol. The average molecular weight is 483 g/mol. The van der Waals surface area contributed by atoms with Crippen molar-refractivity contribution in [2.24, 2.45) is 4.99 Å². The first kappa shape index (κ1) is 21.7. The van der Waals surface area contributed by atoms with Crippen LogP contribution in [0.4, 0.5) is 0 Å². The molecule has 1 saturated heterocycles. The Morgan fingerprint density at radius 3 is 2.44 bits per heavy atom. The van der Waals surface area contributed by atoms with Gasteiger partial charge in [-0.25, -0.2) is 0 Å². The third kappa shape index (κ3) is 6.49. The summed E-state index contributed by atoms with van der Waals surface area (Å²) in [6.45, 7) is 9.75. The Morgan fingerprint density at radius 1 is 1.15 bits per heavy atom. The number of benzene rings is 1. The van der Waals surface area contributed by atoms with Gasteiger partial charge in [0.25, 0.3) is 0 Å². The standard InChI is InChI=1S/C20H29N5O.HI/c1-16-4-6-18(7-5-16)8-9-22-20(21-3)25-12-10-24(11-13-25)15-19-14-17(2)26-23-19;/h4-7,14H,8-13,15H2,1-3H3,(H,21,22);1H. The Kier molecular flexibility index (Phi) is 8.56. The average Bonchev–Trinajstić information content (AvgIpc) is 3.06. The van der Waals surface area contributed by atoms with E-state index in [0.29, 0.717) is 0 Å². The highest BCUT2D eigenvalue weighted by Gasteiger charge is 2.20. The second-order valence-corrected chi connectivity index (χ2v) is 6.90. The minimum atomic E-state index is 0. The summed E-state index contributed by atoms with van der Waals surface area (Å²) in [6, 6.07) is 10.7. The van der Waals surface area contributed by atoms with Crippen molar-refractivity contribution in [3.63, 3.8) is 0 Å². The molecule has 1 aliphatic heterocycles. The molecule has 0 unspecified atom stereocenters. The normalized spacial score (nSPS) is 15.5. The van der Waals surface area contributed by atoms with E-state index in [9.17, 15) is 0 Å². The largest absolute Gasteiger partial charge is 0.361 e. The third-order valence-electron chi connectivity index (χ3n) is 4.76. The molecular formula is C20H30IN5O. The van der Waals surface area contributed by atoms with Crippen LogP contribution < -0.4 is 5.32 Å². The molecule has 0 aliphatic carbocycles. The maximum atomic E-state index is 5.15. The summed E-state index contributed by atoms with van der Waals surface area (Å²) >= 11 is 0. The summed E-state index contributed by atoms with van der Waals surface area (Å²) in [7, 11) is 1.86. The number of aryl methyl sites for hydroxylation is 2. The molecule has 2 heterocycles. The van der Waals surface area contributed by atoms with Crippen molar-refractivity contribution in [3.05, 3.63) is 52.9 Å². The number of guanidine groups is 1. The highest BCUT2D eigenvalue weighted by Crippen LogP contribution is 2.09. The monoisotopic (exact) mass is 483 g/mol. The number of piperazine rings is 1. The molecule has 6 nitrogen and oxygen atoms in total. The van der Waals surface area contributed by atoms with E-state index in [0.717, 1.165) is 63.1 Å². The molecule has 1 aromatic carbocycles. The Balaban J connectivity index is 0.00000261. The molecule has 148 valence electrons. The fourth-order valence-corrected chi connectivity index (χ4v) is 3.25.